The Hall–Kier alpha value is -1.82. The molecule has 2 heterocycles. The summed E-state index contributed by atoms with van der Waals surface area (Å²) in [5.41, 5.74) is 2.80. The van der Waals surface area contributed by atoms with E-state index in [1.54, 1.807) is 18.4 Å². The number of amides is 1. The van der Waals surface area contributed by atoms with Crippen LogP contribution in [0.1, 0.15) is 20.9 Å². The number of carbonyl (C=O) groups excluding carboxylic acids is 1. The van der Waals surface area contributed by atoms with E-state index in [-0.39, 0.29) is 5.91 Å². The maximum atomic E-state index is 12.5. The normalized spacial score (nSPS) is 11.1. The third-order valence-electron chi connectivity index (χ3n) is 3.77. The Bertz CT molecular complexity index is 869. The Morgan fingerprint density at radius 3 is 2.92 bits per heavy atom. The summed E-state index contributed by atoms with van der Waals surface area (Å²) in [6.45, 7) is 3.67. The summed E-state index contributed by atoms with van der Waals surface area (Å²) in [4.78, 5) is 13.8. The average molecular weight is 363 g/mol. The molecule has 0 atom stereocenters. The van der Waals surface area contributed by atoms with E-state index >= 15 is 0 Å². The van der Waals surface area contributed by atoms with E-state index < -0.39 is 0 Å². The van der Waals surface area contributed by atoms with Gasteiger partial charge in [-0.15, -0.1) is 11.3 Å². The highest BCUT2D eigenvalue weighted by Crippen LogP contribution is 2.29. The second kappa shape index (κ2) is 7.38. The second-order valence-electron chi connectivity index (χ2n) is 5.60. The largest absolute Gasteiger partial charge is 0.383 e. The average Bonchev–Trinajstić information content (AvgIpc) is 3.05. The number of rotatable bonds is 6. The minimum Gasteiger partial charge on any atom is -0.383 e. The number of thiophene rings is 1. The van der Waals surface area contributed by atoms with E-state index in [2.05, 4.69) is 18.3 Å². The van der Waals surface area contributed by atoms with Gasteiger partial charge in [0.25, 0.3) is 5.91 Å². The smallest absolute Gasteiger partial charge is 0.268 e. The molecule has 0 saturated heterocycles. The minimum atomic E-state index is -0.0878. The van der Waals surface area contributed by atoms with Gasteiger partial charge in [0.15, 0.2) is 0 Å². The molecule has 0 unspecified atom stereocenters. The van der Waals surface area contributed by atoms with Crippen LogP contribution in [0.2, 0.25) is 5.02 Å². The molecule has 1 aromatic carbocycles. The van der Waals surface area contributed by atoms with Gasteiger partial charge in [0, 0.05) is 30.1 Å². The van der Waals surface area contributed by atoms with Crippen molar-refractivity contribution in [1.82, 2.24) is 9.88 Å². The first kappa shape index (κ1) is 17.0. The number of methoxy groups -OCH3 is 1. The molecule has 1 amide bonds. The maximum Gasteiger partial charge on any atom is 0.268 e. The van der Waals surface area contributed by atoms with Crippen molar-refractivity contribution in [3.63, 3.8) is 0 Å². The number of carbonyl (C=O) groups is 1. The van der Waals surface area contributed by atoms with Gasteiger partial charge in [0.1, 0.15) is 5.69 Å². The van der Waals surface area contributed by atoms with Crippen LogP contribution in [0.25, 0.3) is 10.2 Å². The summed E-state index contributed by atoms with van der Waals surface area (Å²) in [7, 11) is 1.62. The lowest BCUT2D eigenvalue weighted by atomic mass is 10.2. The van der Waals surface area contributed by atoms with Gasteiger partial charge in [-0.2, -0.15) is 0 Å². The van der Waals surface area contributed by atoms with Gasteiger partial charge in [0.05, 0.1) is 16.8 Å². The molecule has 4 nitrogen and oxygen atoms in total. The Morgan fingerprint density at radius 1 is 1.33 bits per heavy atom. The van der Waals surface area contributed by atoms with Gasteiger partial charge in [-0.3, -0.25) is 4.79 Å². The zero-order chi connectivity index (χ0) is 17.1. The molecular formula is C18H19ClN2O2S. The predicted molar refractivity (Wildman–Crippen MR) is 99.3 cm³/mol. The molecular weight excluding hydrogens is 344 g/mol. The first-order valence-corrected chi connectivity index (χ1v) is 8.89. The van der Waals surface area contributed by atoms with E-state index in [1.807, 2.05) is 34.9 Å². The minimum absolute atomic E-state index is 0.0878. The molecule has 0 bridgehead atoms. The molecule has 6 heteroatoms. The predicted octanol–water partition coefficient (Wildman–Crippen LogP) is 4.09. The van der Waals surface area contributed by atoms with E-state index in [1.165, 1.54) is 4.88 Å². The third kappa shape index (κ3) is 3.64. The molecule has 0 aliphatic carbocycles. The van der Waals surface area contributed by atoms with Crippen molar-refractivity contribution in [3.05, 3.63) is 57.6 Å². The first-order valence-electron chi connectivity index (χ1n) is 7.69. The molecule has 2 aromatic heterocycles. The number of hydrogen-bond acceptors (Lipinski definition) is 3. The van der Waals surface area contributed by atoms with Crippen LogP contribution in [-0.4, -0.2) is 30.7 Å². The summed E-state index contributed by atoms with van der Waals surface area (Å²) < 4.78 is 8.16. The maximum absolute atomic E-state index is 12.5. The number of aromatic nitrogens is 1. The van der Waals surface area contributed by atoms with Crippen molar-refractivity contribution in [1.29, 1.82) is 0 Å². The lowest BCUT2D eigenvalue weighted by molar-refractivity contribution is 0.0928. The van der Waals surface area contributed by atoms with E-state index in [4.69, 9.17) is 16.3 Å². The monoisotopic (exact) mass is 362 g/mol. The fraction of sp³-hybridized carbons (Fsp3) is 0.278. The van der Waals surface area contributed by atoms with Crippen LogP contribution in [0.5, 0.6) is 0 Å². The van der Waals surface area contributed by atoms with E-state index in [9.17, 15) is 4.79 Å². The molecule has 1 N–H and O–H groups in total. The molecule has 126 valence electrons. The lowest BCUT2D eigenvalue weighted by Crippen LogP contribution is -2.29. The fourth-order valence-electron chi connectivity index (χ4n) is 2.70. The molecule has 0 spiro atoms. The van der Waals surface area contributed by atoms with Gasteiger partial charge in [0.2, 0.25) is 0 Å². The fourth-order valence-corrected chi connectivity index (χ4v) is 3.87. The first-order chi connectivity index (χ1) is 11.6. The van der Waals surface area contributed by atoms with E-state index in [0.29, 0.717) is 30.4 Å². The molecule has 0 aliphatic rings. The molecule has 0 saturated carbocycles. The van der Waals surface area contributed by atoms with Crippen molar-refractivity contribution in [2.75, 3.05) is 20.3 Å². The summed E-state index contributed by atoms with van der Waals surface area (Å²) in [6.07, 6.45) is 0. The van der Waals surface area contributed by atoms with Crippen LogP contribution in [0, 0.1) is 6.92 Å². The summed E-state index contributed by atoms with van der Waals surface area (Å²) in [5.74, 6) is -0.0878. The molecule has 0 radical (unpaired) electrons. The van der Waals surface area contributed by atoms with Crippen molar-refractivity contribution in [2.45, 2.75) is 13.5 Å². The van der Waals surface area contributed by atoms with Crippen LogP contribution in [-0.2, 0) is 11.3 Å². The topological polar surface area (TPSA) is 43.3 Å². The van der Waals surface area contributed by atoms with Gasteiger partial charge in [-0.05, 0) is 36.8 Å². The Balaban J connectivity index is 1.96. The van der Waals surface area contributed by atoms with Crippen LogP contribution >= 0.6 is 22.9 Å². The van der Waals surface area contributed by atoms with Crippen molar-refractivity contribution in [3.8, 4) is 0 Å². The van der Waals surface area contributed by atoms with E-state index in [0.717, 1.165) is 15.8 Å². The highest BCUT2D eigenvalue weighted by Gasteiger charge is 2.17. The zero-order valence-corrected chi connectivity index (χ0v) is 15.2. The van der Waals surface area contributed by atoms with Crippen LogP contribution in [0.15, 0.2) is 36.4 Å². The molecule has 3 aromatic rings. The zero-order valence-electron chi connectivity index (χ0n) is 13.6. The number of hydrogen-bond donors (Lipinski definition) is 1. The summed E-state index contributed by atoms with van der Waals surface area (Å²) in [5, 5.41) is 3.59. The van der Waals surface area contributed by atoms with Crippen LogP contribution < -0.4 is 5.32 Å². The number of fused-ring (bicyclic) bond motifs is 1. The van der Waals surface area contributed by atoms with Gasteiger partial charge >= 0.3 is 0 Å². The van der Waals surface area contributed by atoms with Crippen molar-refractivity contribution >= 4 is 39.1 Å². The molecule has 0 fully saturated rings. The second-order valence-corrected chi connectivity index (χ2v) is 7.33. The van der Waals surface area contributed by atoms with Crippen LogP contribution in [0.3, 0.4) is 0 Å². The highest BCUT2D eigenvalue weighted by atomic mass is 35.5. The number of nitrogens with zero attached hydrogens (tertiary/aromatic N) is 1. The number of aryl methyl sites for hydroxylation is 1. The SMILES string of the molecule is COCCNC(=O)c1cc2sc(C)cc2n1Cc1cccc(Cl)c1. The van der Waals surface area contributed by atoms with Crippen LogP contribution in [0.4, 0.5) is 0 Å². The highest BCUT2D eigenvalue weighted by molar-refractivity contribution is 7.19. The molecule has 3 rings (SSSR count). The Kier molecular flexibility index (Phi) is 5.23. The Labute approximate surface area is 150 Å². The van der Waals surface area contributed by atoms with Crippen molar-refractivity contribution in [2.24, 2.45) is 0 Å². The van der Waals surface area contributed by atoms with Crippen molar-refractivity contribution < 1.29 is 9.53 Å². The van der Waals surface area contributed by atoms with Gasteiger partial charge < -0.3 is 14.6 Å². The van der Waals surface area contributed by atoms with Gasteiger partial charge in [-0.1, -0.05) is 23.7 Å². The standard InChI is InChI=1S/C18H19ClN2O2S/c1-12-8-15-17(24-12)10-16(18(22)20-6-7-23-2)21(15)11-13-4-3-5-14(19)9-13/h3-5,8-10H,6-7,11H2,1-2H3,(H,20,22). The molecule has 24 heavy (non-hydrogen) atoms. The summed E-state index contributed by atoms with van der Waals surface area (Å²) in [6, 6.07) is 11.8. The number of benzene rings is 1. The summed E-state index contributed by atoms with van der Waals surface area (Å²) >= 11 is 7.79. The lowest BCUT2D eigenvalue weighted by Gasteiger charge is -2.11. The number of ether oxygens (including phenoxy) is 1. The molecule has 0 aliphatic heterocycles. The Morgan fingerprint density at radius 2 is 2.17 bits per heavy atom. The third-order valence-corrected chi connectivity index (χ3v) is 4.99. The number of nitrogens with one attached hydrogen (secondary N) is 1. The quantitative estimate of drug-likeness (QED) is 0.671. The number of halogens is 1. The van der Waals surface area contributed by atoms with Gasteiger partial charge in [-0.25, -0.2) is 0 Å².